The summed E-state index contributed by atoms with van der Waals surface area (Å²) in [6.45, 7) is 11.8. The lowest BCUT2D eigenvalue weighted by Crippen LogP contribution is -2.47. The van der Waals surface area contributed by atoms with E-state index in [0.717, 1.165) is 74.7 Å². The SMILES string of the molecule is Cc1cc(C#N)ccc1OCCCN1CCN(CCCOc2ccc(C#N)cc2C)CC1. The molecule has 1 saturated heterocycles. The molecule has 0 aromatic heterocycles. The van der Waals surface area contributed by atoms with Crippen molar-refractivity contribution in [2.45, 2.75) is 26.7 Å². The van der Waals surface area contributed by atoms with Gasteiger partial charge in [-0.15, -0.1) is 0 Å². The molecule has 0 atom stereocenters. The highest BCUT2D eigenvalue weighted by Gasteiger charge is 2.16. The number of benzene rings is 2. The molecular formula is C26H32N4O2. The normalized spacial score (nSPS) is 14.5. The highest BCUT2D eigenvalue weighted by atomic mass is 16.5. The van der Waals surface area contributed by atoms with E-state index in [1.54, 1.807) is 12.1 Å². The minimum atomic E-state index is 0.670. The zero-order valence-electron chi connectivity index (χ0n) is 19.1. The average molecular weight is 433 g/mol. The number of piperazine rings is 1. The van der Waals surface area contributed by atoms with Crippen LogP contribution in [0.2, 0.25) is 0 Å². The molecule has 0 unspecified atom stereocenters. The Hall–Kier alpha value is -3.06. The maximum atomic E-state index is 8.95. The van der Waals surface area contributed by atoms with Crippen molar-refractivity contribution in [3.63, 3.8) is 0 Å². The van der Waals surface area contributed by atoms with E-state index >= 15 is 0 Å². The molecule has 1 heterocycles. The molecule has 0 amide bonds. The Kier molecular flexibility index (Phi) is 8.92. The fraction of sp³-hybridized carbons (Fsp3) is 0.462. The molecule has 6 nitrogen and oxygen atoms in total. The molecule has 2 aromatic carbocycles. The lowest BCUT2D eigenvalue weighted by molar-refractivity contribution is 0.120. The number of ether oxygens (including phenoxy) is 2. The molecule has 0 spiro atoms. The molecule has 0 radical (unpaired) electrons. The molecule has 3 rings (SSSR count). The van der Waals surface area contributed by atoms with Crippen LogP contribution in [0, 0.1) is 36.5 Å². The second kappa shape index (κ2) is 12.1. The van der Waals surface area contributed by atoms with Crippen molar-refractivity contribution >= 4 is 0 Å². The minimum Gasteiger partial charge on any atom is -0.493 e. The van der Waals surface area contributed by atoms with Gasteiger partial charge in [-0.1, -0.05) is 0 Å². The quantitative estimate of drug-likeness (QED) is 0.530. The van der Waals surface area contributed by atoms with E-state index in [9.17, 15) is 0 Å². The first-order chi connectivity index (χ1) is 15.6. The fourth-order valence-corrected chi connectivity index (χ4v) is 3.94. The number of rotatable bonds is 10. The van der Waals surface area contributed by atoms with Crippen molar-refractivity contribution < 1.29 is 9.47 Å². The van der Waals surface area contributed by atoms with Gasteiger partial charge in [-0.2, -0.15) is 10.5 Å². The molecule has 1 fully saturated rings. The van der Waals surface area contributed by atoms with Crippen LogP contribution in [0.15, 0.2) is 36.4 Å². The second-order valence-electron chi connectivity index (χ2n) is 8.27. The summed E-state index contributed by atoms with van der Waals surface area (Å²) in [6.07, 6.45) is 1.99. The zero-order chi connectivity index (χ0) is 22.8. The van der Waals surface area contributed by atoms with Crippen LogP contribution in [-0.2, 0) is 0 Å². The van der Waals surface area contributed by atoms with Crippen LogP contribution >= 0.6 is 0 Å². The van der Waals surface area contributed by atoms with Crippen LogP contribution in [0.1, 0.15) is 35.1 Å². The lowest BCUT2D eigenvalue weighted by atomic mass is 10.1. The summed E-state index contributed by atoms with van der Waals surface area (Å²) in [7, 11) is 0. The molecule has 1 aliphatic heterocycles. The van der Waals surface area contributed by atoms with Crippen molar-refractivity contribution in [3.05, 3.63) is 58.7 Å². The summed E-state index contributed by atoms with van der Waals surface area (Å²) in [5, 5.41) is 17.9. The maximum absolute atomic E-state index is 8.95. The van der Waals surface area contributed by atoms with Gasteiger partial charge in [-0.3, -0.25) is 0 Å². The topological polar surface area (TPSA) is 72.5 Å². The molecule has 1 aliphatic rings. The first-order valence-electron chi connectivity index (χ1n) is 11.3. The predicted octanol–water partition coefficient (Wildman–Crippen LogP) is 3.90. The largest absolute Gasteiger partial charge is 0.493 e. The van der Waals surface area contributed by atoms with Crippen LogP contribution in [0.4, 0.5) is 0 Å². The molecule has 32 heavy (non-hydrogen) atoms. The van der Waals surface area contributed by atoms with Gasteiger partial charge < -0.3 is 19.3 Å². The van der Waals surface area contributed by atoms with Crippen LogP contribution in [0.5, 0.6) is 11.5 Å². The van der Waals surface area contributed by atoms with Gasteiger partial charge in [0, 0.05) is 39.3 Å². The van der Waals surface area contributed by atoms with Gasteiger partial charge in [0.1, 0.15) is 11.5 Å². The molecular weight excluding hydrogens is 400 g/mol. The summed E-state index contributed by atoms with van der Waals surface area (Å²) in [5.74, 6) is 1.74. The number of hydrogen-bond donors (Lipinski definition) is 0. The first-order valence-corrected chi connectivity index (χ1v) is 11.3. The molecule has 6 heteroatoms. The van der Waals surface area contributed by atoms with Crippen LogP contribution in [0.25, 0.3) is 0 Å². The van der Waals surface area contributed by atoms with E-state index < -0.39 is 0 Å². The molecule has 0 saturated carbocycles. The lowest BCUT2D eigenvalue weighted by Gasteiger charge is -2.34. The van der Waals surface area contributed by atoms with Crippen molar-refractivity contribution in [1.82, 2.24) is 9.80 Å². The van der Waals surface area contributed by atoms with Crippen molar-refractivity contribution in [3.8, 4) is 23.6 Å². The van der Waals surface area contributed by atoms with Crippen molar-refractivity contribution in [2.75, 3.05) is 52.5 Å². The highest BCUT2D eigenvalue weighted by molar-refractivity contribution is 5.41. The number of hydrogen-bond acceptors (Lipinski definition) is 6. The average Bonchev–Trinajstić information content (AvgIpc) is 2.81. The van der Waals surface area contributed by atoms with E-state index in [1.807, 2.05) is 38.1 Å². The van der Waals surface area contributed by atoms with Crippen molar-refractivity contribution in [1.29, 1.82) is 10.5 Å². The Morgan fingerprint density at radius 3 is 1.47 bits per heavy atom. The monoisotopic (exact) mass is 432 g/mol. The Bertz CT molecular complexity index is 889. The smallest absolute Gasteiger partial charge is 0.122 e. The van der Waals surface area contributed by atoms with E-state index in [0.29, 0.717) is 24.3 Å². The zero-order valence-corrected chi connectivity index (χ0v) is 19.1. The van der Waals surface area contributed by atoms with E-state index in [2.05, 4.69) is 21.9 Å². The predicted molar refractivity (Wildman–Crippen MR) is 125 cm³/mol. The Balaban J connectivity index is 1.26. The Morgan fingerprint density at radius 1 is 0.719 bits per heavy atom. The summed E-state index contributed by atoms with van der Waals surface area (Å²) in [6, 6.07) is 15.4. The third-order valence-electron chi connectivity index (χ3n) is 5.83. The van der Waals surface area contributed by atoms with Crippen LogP contribution in [0.3, 0.4) is 0 Å². The van der Waals surface area contributed by atoms with Gasteiger partial charge in [0.2, 0.25) is 0 Å². The molecule has 0 aliphatic carbocycles. The fourth-order valence-electron chi connectivity index (χ4n) is 3.94. The summed E-state index contributed by atoms with van der Waals surface area (Å²) in [5.41, 5.74) is 3.36. The molecule has 2 aromatic rings. The van der Waals surface area contributed by atoms with Gasteiger partial charge in [0.05, 0.1) is 36.5 Å². The summed E-state index contributed by atoms with van der Waals surface area (Å²) < 4.78 is 11.8. The maximum Gasteiger partial charge on any atom is 0.122 e. The van der Waals surface area contributed by atoms with E-state index in [4.69, 9.17) is 20.0 Å². The molecule has 0 N–H and O–H groups in total. The summed E-state index contributed by atoms with van der Waals surface area (Å²) in [4.78, 5) is 5.00. The first kappa shape index (κ1) is 23.6. The van der Waals surface area contributed by atoms with Crippen LogP contribution < -0.4 is 9.47 Å². The number of nitriles is 2. The Morgan fingerprint density at radius 2 is 1.12 bits per heavy atom. The van der Waals surface area contributed by atoms with E-state index in [1.165, 1.54) is 0 Å². The summed E-state index contributed by atoms with van der Waals surface area (Å²) >= 11 is 0. The standard InChI is InChI=1S/C26H32N4O2/c1-21-17-23(19-27)5-7-25(21)31-15-3-9-29-11-13-30(14-12-29)10-4-16-32-26-8-6-24(20-28)18-22(26)2/h5-8,17-18H,3-4,9-16H2,1-2H3. The van der Waals surface area contributed by atoms with E-state index in [-0.39, 0.29) is 0 Å². The third kappa shape index (κ3) is 6.99. The molecule has 0 bridgehead atoms. The molecule has 168 valence electrons. The van der Waals surface area contributed by atoms with Gasteiger partial charge in [0.25, 0.3) is 0 Å². The van der Waals surface area contributed by atoms with Gasteiger partial charge in [-0.05, 0) is 74.2 Å². The van der Waals surface area contributed by atoms with Gasteiger partial charge >= 0.3 is 0 Å². The highest BCUT2D eigenvalue weighted by Crippen LogP contribution is 2.20. The van der Waals surface area contributed by atoms with Gasteiger partial charge in [-0.25, -0.2) is 0 Å². The number of aryl methyl sites for hydroxylation is 2. The Labute approximate surface area is 191 Å². The number of nitrogens with zero attached hydrogens (tertiary/aromatic N) is 4. The third-order valence-corrected chi connectivity index (χ3v) is 5.83. The van der Waals surface area contributed by atoms with Crippen LogP contribution in [-0.4, -0.2) is 62.3 Å². The van der Waals surface area contributed by atoms with Gasteiger partial charge in [0.15, 0.2) is 0 Å². The second-order valence-corrected chi connectivity index (χ2v) is 8.27. The van der Waals surface area contributed by atoms with Crippen molar-refractivity contribution in [2.24, 2.45) is 0 Å². The minimum absolute atomic E-state index is 0.670.